The number of aryl methyl sites for hydroxylation is 3. The number of nitrogens with zero attached hydrogens (tertiary/aromatic N) is 2. The van der Waals surface area contributed by atoms with E-state index < -0.39 is 0 Å². The highest BCUT2D eigenvalue weighted by Gasteiger charge is 2.09. The molecule has 0 aliphatic heterocycles. The molecule has 0 radical (unpaired) electrons. The molecule has 0 fully saturated rings. The maximum atomic E-state index is 6.09. The van der Waals surface area contributed by atoms with E-state index in [4.69, 9.17) is 35.4 Å². The maximum absolute atomic E-state index is 6.09. The summed E-state index contributed by atoms with van der Waals surface area (Å²) < 4.78 is 1.89. The van der Waals surface area contributed by atoms with Crippen LogP contribution in [0.25, 0.3) is 0 Å². The van der Waals surface area contributed by atoms with E-state index in [1.54, 1.807) is 6.07 Å². The third-order valence-electron chi connectivity index (χ3n) is 4.17. The lowest BCUT2D eigenvalue weighted by atomic mass is 10.1. The minimum atomic E-state index is 0.501. The first-order valence-electron chi connectivity index (χ1n) is 8.45. The monoisotopic (exact) mass is 418 g/mol. The van der Waals surface area contributed by atoms with Gasteiger partial charge in [0.15, 0.2) is 10.9 Å². The Morgan fingerprint density at radius 2 is 1.78 bits per heavy atom. The second kappa shape index (κ2) is 8.30. The van der Waals surface area contributed by atoms with Crippen LogP contribution < -0.4 is 10.6 Å². The Kier molecular flexibility index (Phi) is 6.05. The number of benzene rings is 2. The number of nitrogens with one attached hydrogen (secondary N) is 2. The molecule has 0 unspecified atom stereocenters. The predicted molar refractivity (Wildman–Crippen MR) is 118 cm³/mol. The van der Waals surface area contributed by atoms with Gasteiger partial charge in [-0.3, -0.25) is 4.68 Å². The van der Waals surface area contributed by atoms with Crippen LogP contribution in [0.5, 0.6) is 0 Å². The van der Waals surface area contributed by atoms with Gasteiger partial charge in [0.2, 0.25) is 0 Å². The summed E-state index contributed by atoms with van der Waals surface area (Å²) in [5.41, 5.74) is 5.37. The molecular weight excluding hydrogens is 399 g/mol. The molecule has 0 aliphatic carbocycles. The zero-order chi connectivity index (χ0) is 19.6. The van der Waals surface area contributed by atoms with Gasteiger partial charge < -0.3 is 10.6 Å². The van der Waals surface area contributed by atoms with Crippen LogP contribution in [0.2, 0.25) is 10.0 Å². The number of hydrogen-bond acceptors (Lipinski definition) is 2. The Morgan fingerprint density at radius 3 is 2.48 bits per heavy atom. The first-order chi connectivity index (χ1) is 12.8. The summed E-state index contributed by atoms with van der Waals surface area (Å²) in [5.74, 6) is 0.690. The Hall–Kier alpha value is -2.08. The Bertz CT molecular complexity index is 998. The predicted octanol–water partition coefficient (Wildman–Crippen LogP) is 5.97. The van der Waals surface area contributed by atoms with Gasteiger partial charge in [0.1, 0.15) is 0 Å². The molecule has 0 amide bonds. The van der Waals surface area contributed by atoms with Crippen molar-refractivity contribution in [3.63, 3.8) is 0 Å². The summed E-state index contributed by atoms with van der Waals surface area (Å²) in [6.45, 7) is 6.71. The molecule has 0 atom stereocenters. The van der Waals surface area contributed by atoms with E-state index in [0.717, 1.165) is 22.5 Å². The lowest BCUT2D eigenvalue weighted by Crippen LogP contribution is -2.20. The molecule has 0 spiro atoms. The van der Waals surface area contributed by atoms with E-state index in [2.05, 4.69) is 28.7 Å². The number of hydrogen-bond donors (Lipinski definition) is 2. The standard InChI is InChI=1S/C20H20Cl2N4S/c1-12-4-7-18(13(2)8-12)23-20(27)24-19-9-14(3)26(25-19)11-15-5-6-16(21)17(22)10-15/h4-10H,11H2,1-3H3,(H2,23,24,25,27). The molecule has 3 aromatic rings. The van der Waals surface area contributed by atoms with E-state index in [1.165, 1.54) is 5.56 Å². The van der Waals surface area contributed by atoms with Crippen LogP contribution in [0.3, 0.4) is 0 Å². The van der Waals surface area contributed by atoms with Crippen molar-refractivity contribution in [2.45, 2.75) is 27.3 Å². The summed E-state index contributed by atoms with van der Waals surface area (Å²) >= 11 is 17.5. The highest BCUT2D eigenvalue weighted by Crippen LogP contribution is 2.23. The second-order valence-electron chi connectivity index (χ2n) is 6.47. The highest BCUT2D eigenvalue weighted by atomic mass is 35.5. The molecule has 0 saturated heterocycles. The molecule has 0 bridgehead atoms. The lowest BCUT2D eigenvalue weighted by molar-refractivity contribution is 0.668. The van der Waals surface area contributed by atoms with E-state index in [9.17, 15) is 0 Å². The minimum Gasteiger partial charge on any atom is -0.332 e. The fraction of sp³-hybridized carbons (Fsp3) is 0.200. The first kappa shape index (κ1) is 19.7. The zero-order valence-electron chi connectivity index (χ0n) is 15.3. The van der Waals surface area contributed by atoms with Gasteiger partial charge in [0, 0.05) is 17.4 Å². The van der Waals surface area contributed by atoms with Crippen molar-refractivity contribution in [1.29, 1.82) is 0 Å². The first-order valence-corrected chi connectivity index (χ1v) is 9.62. The van der Waals surface area contributed by atoms with E-state index >= 15 is 0 Å². The fourth-order valence-corrected chi connectivity index (χ4v) is 3.30. The molecule has 0 aliphatic rings. The topological polar surface area (TPSA) is 41.9 Å². The smallest absolute Gasteiger partial charge is 0.176 e. The largest absolute Gasteiger partial charge is 0.332 e. The SMILES string of the molecule is Cc1ccc(NC(=S)Nc2cc(C)n(Cc3ccc(Cl)c(Cl)c3)n2)c(C)c1. The van der Waals surface area contributed by atoms with Gasteiger partial charge in [0.25, 0.3) is 0 Å². The molecule has 7 heteroatoms. The molecule has 1 aromatic heterocycles. The van der Waals surface area contributed by atoms with Crippen molar-refractivity contribution >= 4 is 52.0 Å². The minimum absolute atomic E-state index is 0.501. The van der Waals surface area contributed by atoms with Crippen molar-refractivity contribution in [3.05, 3.63) is 74.9 Å². The molecular formula is C20H20Cl2N4S. The number of aromatic nitrogens is 2. The fourth-order valence-electron chi connectivity index (χ4n) is 2.77. The zero-order valence-corrected chi connectivity index (χ0v) is 17.6. The van der Waals surface area contributed by atoms with Crippen molar-refractivity contribution in [1.82, 2.24) is 9.78 Å². The highest BCUT2D eigenvalue weighted by molar-refractivity contribution is 7.80. The quantitative estimate of drug-likeness (QED) is 0.511. The molecule has 4 nitrogen and oxygen atoms in total. The molecule has 2 aromatic carbocycles. The number of halogens is 2. The van der Waals surface area contributed by atoms with Gasteiger partial charge in [-0.05, 0) is 62.3 Å². The molecule has 0 saturated carbocycles. The summed E-state index contributed by atoms with van der Waals surface area (Å²) in [4.78, 5) is 0. The normalized spacial score (nSPS) is 10.7. The number of thiocarbonyl (C=S) groups is 1. The van der Waals surface area contributed by atoms with Gasteiger partial charge in [-0.25, -0.2) is 0 Å². The molecule has 1 heterocycles. The van der Waals surface area contributed by atoms with Crippen LogP contribution >= 0.6 is 35.4 Å². The summed E-state index contributed by atoms with van der Waals surface area (Å²) in [5, 5.41) is 12.5. The van der Waals surface area contributed by atoms with E-state index in [0.29, 0.717) is 27.5 Å². The van der Waals surface area contributed by atoms with Gasteiger partial charge in [-0.2, -0.15) is 5.10 Å². The van der Waals surface area contributed by atoms with Crippen molar-refractivity contribution in [3.8, 4) is 0 Å². The summed E-state index contributed by atoms with van der Waals surface area (Å²) in [6, 6.07) is 13.7. The van der Waals surface area contributed by atoms with Crippen LogP contribution in [-0.4, -0.2) is 14.9 Å². The van der Waals surface area contributed by atoms with Crippen LogP contribution in [-0.2, 0) is 6.54 Å². The van der Waals surface area contributed by atoms with Crippen LogP contribution in [0.1, 0.15) is 22.4 Å². The van der Waals surface area contributed by atoms with Gasteiger partial charge in [0.05, 0.1) is 16.6 Å². The second-order valence-corrected chi connectivity index (χ2v) is 7.70. The molecule has 27 heavy (non-hydrogen) atoms. The van der Waals surface area contributed by atoms with Gasteiger partial charge in [-0.15, -0.1) is 0 Å². The third-order valence-corrected chi connectivity index (χ3v) is 5.11. The molecule has 2 N–H and O–H groups in total. The van der Waals surface area contributed by atoms with Crippen LogP contribution in [0, 0.1) is 20.8 Å². The van der Waals surface area contributed by atoms with Gasteiger partial charge >= 0.3 is 0 Å². The average molecular weight is 419 g/mol. The number of rotatable bonds is 4. The molecule has 140 valence electrons. The summed E-state index contributed by atoms with van der Waals surface area (Å²) in [6.07, 6.45) is 0. The number of anilines is 2. The Balaban J connectivity index is 1.68. The third kappa shape index (κ3) is 5.01. The molecule has 3 rings (SSSR count). The average Bonchev–Trinajstić information content (AvgIpc) is 2.93. The van der Waals surface area contributed by atoms with Crippen molar-refractivity contribution < 1.29 is 0 Å². The van der Waals surface area contributed by atoms with Crippen LogP contribution in [0.15, 0.2) is 42.5 Å². The maximum Gasteiger partial charge on any atom is 0.176 e. The lowest BCUT2D eigenvalue weighted by Gasteiger charge is -2.11. The van der Waals surface area contributed by atoms with Gasteiger partial charge in [-0.1, -0.05) is 47.0 Å². The van der Waals surface area contributed by atoms with Crippen LogP contribution in [0.4, 0.5) is 11.5 Å². The van der Waals surface area contributed by atoms with E-state index in [1.807, 2.05) is 48.9 Å². The Labute approximate surface area is 174 Å². The Morgan fingerprint density at radius 1 is 1.00 bits per heavy atom. The summed E-state index contributed by atoms with van der Waals surface area (Å²) in [7, 11) is 0. The van der Waals surface area contributed by atoms with Crippen molar-refractivity contribution in [2.24, 2.45) is 0 Å². The van der Waals surface area contributed by atoms with Crippen molar-refractivity contribution in [2.75, 3.05) is 10.6 Å². The van der Waals surface area contributed by atoms with E-state index in [-0.39, 0.29) is 0 Å².